The van der Waals surface area contributed by atoms with E-state index in [9.17, 15) is 19.7 Å². The van der Waals surface area contributed by atoms with E-state index in [1.165, 1.54) is 12.1 Å². The van der Waals surface area contributed by atoms with Gasteiger partial charge in [-0.05, 0) is 43.2 Å². The Morgan fingerprint density at radius 1 is 1.06 bits per heavy atom. The van der Waals surface area contributed by atoms with Crippen LogP contribution in [0.15, 0.2) is 48.5 Å². The first-order valence-electron chi connectivity index (χ1n) is 10.3. The zero-order valence-corrected chi connectivity index (χ0v) is 17.0. The Balaban J connectivity index is 1.35. The maximum Gasteiger partial charge on any atom is 0.269 e. The van der Waals surface area contributed by atoms with Crippen LogP contribution in [-0.2, 0) is 9.53 Å². The van der Waals surface area contributed by atoms with E-state index in [1.54, 1.807) is 41.3 Å². The zero-order valence-electron chi connectivity index (χ0n) is 17.0. The summed E-state index contributed by atoms with van der Waals surface area (Å²) in [5.74, 6) is -0.268. The average Bonchev–Trinajstić information content (AvgIpc) is 3.34. The summed E-state index contributed by atoms with van der Waals surface area (Å²) in [5, 5.41) is 13.6. The molecule has 2 aliphatic rings. The first kappa shape index (κ1) is 20.8. The molecule has 1 atom stereocenters. The standard InChI is InChI=1S/C22H24N4O5/c27-21(20-5-2-14-31-20)23-17-4-1-3-16(15-17)22(28)25-12-10-24(11-13-25)18-6-8-19(9-7-18)26(29)30/h1,3-4,6-9,15,20H,2,5,10-14H2,(H,23,27)/t20-/m1/s1. The van der Waals surface area contributed by atoms with Crippen molar-refractivity contribution in [3.05, 3.63) is 64.2 Å². The number of benzene rings is 2. The summed E-state index contributed by atoms with van der Waals surface area (Å²) in [6, 6.07) is 13.4. The molecule has 1 N–H and O–H groups in total. The SMILES string of the molecule is O=C(Nc1cccc(C(=O)N2CCN(c3ccc([N+](=O)[O-])cc3)CC2)c1)[C@H]1CCCO1. The second kappa shape index (κ2) is 9.13. The van der Waals surface area contributed by atoms with E-state index in [2.05, 4.69) is 10.2 Å². The Morgan fingerprint density at radius 2 is 1.81 bits per heavy atom. The number of nitro groups is 1. The lowest BCUT2D eigenvalue weighted by atomic mass is 10.1. The van der Waals surface area contributed by atoms with Crippen molar-refractivity contribution in [1.82, 2.24) is 4.90 Å². The largest absolute Gasteiger partial charge is 0.368 e. The third kappa shape index (κ3) is 4.83. The van der Waals surface area contributed by atoms with Gasteiger partial charge < -0.3 is 19.9 Å². The Morgan fingerprint density at radius 3 is 2.45 bits per heavy atom. The molecule has 31 heavy (non-hydrogen) atoms. The summed E-state index contributed by atoms with van der Waals surface area (Å²) in [6.07, 6.45) is 1.17. The summed E-state index contributed by atoms with van der Waals surface area (Å²) in [4.78, 5) is 39.5. The fourth-order valence-electron chi connectivity index (χ4n) is 3.87. The molecule has 0 spiro atoms. The molecule has 2 saturated heterocycles. The number of rotatable bonds is 5. The van der Waals surface area contributed by atoms with Crippen LogP contribution in [0.5, 0.6) is 0 Å². The van der Waals surface area contributed by atoms with Crippen LogP contribution in [-0.4, -0.2) is 60.5 Å². The molecule has 2 aromatic rings. The topological polar surface area (TPSA) is 105 Å². The number of non-ortho nitro benzene ring substituents is 1. The van der Waals surface area contributed by atoms with Gasteiger partial charge in [0.25, 0.3) is 17.5 Å². The van der Waals surface area contributed by atoms with Crippen LogP contribution in [0.3, 0.4) is 0 Å². The van der Waals surface area contributed by atoms with Gasteiger partial charge in [0.05, 0.1) is 4.92 Å². The monoisotopic (exact) mass is 424 g/mol. The lowest BCUT2D eigenvalue weighted by molar-refractivity contribution is -0.384. The molecule has 0 unspecified atom stereocenters. The fraction of sp³-hybridized carbons (Fsp3) is 0.364. The van der Waals surface area contributed by atoms with E-state index in [4.69, 9.17) is 4.74 Å². The van der Waals surface area contributed by atoms with E-state index in [0.717, 1.165) is 12.1 Å². The molecule has 2 fully saturated rings. The van der Waals surface area contributed by atoms with E-state index in [1.807, 2.05) is 0 Å². The van der Waals surface area contributed by atoms with Crippen molar-refractivity contribution in [2.45, 2.75) is 18.9 Å². The van der Waals surface area contributed by atoms with Crippen LogP contribution in [0.2, 0.25) is 0 Å². The van der Waals surface area contributed by atoms with Gasteiger partial charge >= 0.3 is 0 Å². The summed E-state index contributed by atoms with van der Waals surface area (Å²) >= 11 is 0. The van der Waals surface area contributed by atoms with Gasteiger partial charge in [0.1, 0.15) is 6.10 Å². The summed E-state index contributed by atoms with van der Waals surface area (Å²) in [7, 11) is 0. The fourth-order valence-corrected chi connectivity index (χ4v) is 3.87. The molecule has 4 rings (SSSR count). The highest BCUT2D eigenvalue weighted by Gasteiger charge is 2.25. The minimum atomic E-state index is -0.424. The summed E-state index contributed by atoms with van der Waals surface area (Å²) < 4.78 is 5.40. The van der Waals surface area contributed by atoms with Crippen molar-refractivity contribution in [2.24, 2.45) is 0 Å². The number of hydrogen-bond donors (Lipinski definition) is 1. The molecule has 9 heteroatoms. The Bertz CT molecular complexity index is 964. The average molecular weight is 424 g/mol. The summed E-state index contributed by atoms with van der Waals surface area (Å²) in [5.41, 5.74) is 2.06. The highest BCUT2D eigenvalue weighted by molar-refractivity contribution is 5.98. The molecule has 0 aliphatic carbocycles. The van der Waals surface area contributed by atoms with Gasteiger partial charge in [-0.1, -0.05) is 6.07 Å². The number of hydrogen-bond acceptors (Lipinski definition) is 6. The number of nitro benzene ring substituents is 1. The molecule has 0 radical (unpaired) electrons. The van der Waals surface area contributed by atoms with Crippen molar-refractivity contribution in [2.75, 3.05) is 43.0 Å². The van der Waals surface area contributed by atoms with Crippen molar-refractivity contribution in [3.8, 4) is 0 Å². The number of piperazine rings is 1. The number of carbonyl (C=O) groups excluding carboxylic acids is 2. The van der Waals surface area contributed by atoms with Crippen molar-refractivity contribution >= 4 is 28.9 Å². The van der Waals surface area contributed by atoms with Gasteiger partial charge in [0.15, 0.2) is 0 Å². The normalized spacial score (nSPS) is 18.6. The molecule has 2 heterocycles. The van der Waals surface area contributed by atoms with Crippen LogP contribution < -0.4 is 10.2 Å². The lowest BCUT2D eigenvalue weighted by Gasteiger charge is -2.36. The number of nitrogens with one attached hydrogen (secondary N) is 1. The van der Waals surface area contributed by atoms with E-state index in [0.29, 0.717) is 50.5 Å². The minimum absolute atomic E-state index is 0.0593. The number of anilines is 2. The van der Waals surface area contributed by atoms with E-state index < -0.39 is 11.0 Å². The third-order valence-corrected chi connectivity index (χ3v) is 5.59. The first-order valence-corrected chi connectivity index (χ1v) is 10.3. The van der Waals surface area contributed by atoms with Crippen molar-refractivity contribution in [3.63, 3.8) is 0 Å². The number of amides is 2. The third-order valence-electron chi connectivity index (χ3n) is 5.59. The van der Waals surface area contributed by atoms with Gasteiger partial charge in [-0.2, -0.15) is 0 Å². The molecule has 2 amide bonds. The van der Waals surface area contributed by atoms with E-state index >= 15 is 0 Å². The lowest BCUT2D eigenvalue weighted by Crippen LogP contribution is -2.48. The van der Waals surface area contributed by atoms with Crippen LogP contribution in [0, 0.1) is 10.1 Å². The van der Waals surface area contributed by atoms with Gasteiger partial charge in [0, 0.05) is 61.9 Å². The van der Waals surface area contributed by atoms with Gasteiger partial charge in [-0.25, -0.2) is 0 Å². The molecule has 2 aromatic carbocycles. The summed E-state index contributed by atoms with van der Waals surface area (Å²) in [6.45, 7) is 2.96. The van der Waals surface area contributed by atoms with Crippen LogP contribution in [0.4, 0.5) is 17.1 Å². The van der Waals surface area contributed by atoms with Crippen LogP contribution in [0.1, 0.15) is 23.2 Å². The quantitative estimate of drug-likeness (QED) is 0.584. The molecular formula is C22H24N4O5. The molecular weight excluding hydrogens is 400 g/mol. The van der Waals surface area contributed by atoms with Gasteiger partial charge in [-0.3, -0.25) is 19.7 Å². The van der Waals surface area contributed by atoms with Crippen molar-refractivity contribution in [1.29, 1.82) is 0 Å². The maximum absolute atomic E-state index is 13.0. The maximum atomic E-state index is 13.0. The van der Waals surface area contributed by atoms with Crippen LogP contribution in [0.25, 0.3) is 0 Å². The van der Waals surface area contributed by atoms with E-state index in [-0.39, 0.29) is 17.5 Å². The second-order valence-electron chi connectivity index (χ2n) is 7.62. The molecule has 0 aromatic heterocycles. The Kier molecular flexibility index (Phi) is 6.13. The minimum Gasteiger partial charge on any atom is -0.368 e. The van der Waals surface area contributed by atoms with Crippen LogP contribution >= 0.6 is 0 Å². The predicted octanol–water partition coefficient (Wildman–Crippen LogP) is 2.67. The molecule has 0 bridgehead atoms. The number of ether oxygens (including phenoxy) is 1. The smallest absolute Gasteiger partial charge is 0.269 e. The zero-order chi connectivity index (χ0) is 21.8. The second-order valence-corrected chi connectivity index (χ2v) is 7.62. The Labute approximate surface area is 179 Å². The molecule has 162 valence electrons. The first-order chi connectivity index (χ1) is 15.0. The number of carbonyl (C=O) groups is 2. The van der Waals surface area contributed by atoms with Crippen molar-refractivity contribution < 1.29 is 19.2 Å². The highest BCUT2D eigenvalue weighted by Crippen LogP contribution is 2.22. The van der Waals surface area contributed by atoms with Gasteiger partial charge in [-0.15, -0.1) is 0 Å². The molecule has 0 saturated carbocycles. The Hall–Kier alpha value is -3.46. The molecule has 9 nitrogen and oxygen atoms in total. The predicted molar refractivity (Wildman–Crippen MR) is 115 cm³/mol. The molecule has 2 aliphatic heterocycles. The number of nitrogens with zero attached hydrogens (tertiary/aromatic N) is 3. The highest BCUT2D eigenvalue weighted by atomic mass is 16.6. The van der Waals surface area contributed by atoms with Gasteiger partial charge in [0.2, 0.25) is 0 Å².